The molecule has 0 unspecified atom stereocenters. The summed E-state index contributed by atoms with van der Waals surface area (Å²) < 4.78 is 0. The lowest BCUT2D eigenvalue weighted by molar-refractivity contribution is 1.37. The first-order valence-corrected chi connectivity index (χ1v) is 6.95. The Bertz CT molecular complexity index is 465. The van der Waals surface area contributed by atoms with Crippen LogP contribution < -0.4 is 5.73 Å². The van der Waals surface area contributed by atoms with Gasteiger partial charge < -0.3 is 5.73 Å². The summed E-state index contributed by atoms with van der Waals surface area (Å²) in [5, 5.41) is 0.755. The van der Waals surface area contributed by atoms with E-state index < -0.39 is 0 Å². The predicted molar refractivity (Wildman–Crippen MR) is 77.3 cm³/mol. The Labute approximate surface area is 111 Å². The number of nitrogens with two attached hydrogens (primary N) is 1. The molecule has 2 N–H and O–H groups in total. The Morgan fingerprint density at radius 3 is 2.41 bits per heavy atom. The van der Waals surface area contributed by atoms with Crippen LogP contribution in [0.15, 0.2) is 48.5 Å². The molecule has 1 nitrogen and oxygen atoms in total. The van der Waals surface area contributed by atoms with Crippen LogP contribution in [0.4, 0.5) is 5.69 Å². The summed E-state index contributed by atoms with van der Waals surface area (Å²) in [6.07, 6.45) is 0. The third kappa shape index (κ3) is 3.42. The predicted octanol–water partition coefficient (Wildman–Crippen LogP) is 4.36. The van der Waals surface area contributed by atoms with E-state index in [1.54, 1.807) is 0 Å². The monoisotopic (exact) mass is 263 g/mol. The molecule has 0 atom stereocenters. The maximum atomic E-state index is 6.12. The highest BCUT2D eigenvalue weighted by atomic mass is 35.5. The average Bonchev–Trinajstić information content (AvgIpc) is 2.34. The second-order valence-corrected chi connectivity index (χ2v) is 5.18. The number of benzene rings is 2. The van der Waals surface area contributed by atoms with Gasteiger partial charge in [-0.2, -0.15) is 11.8 Å². The summed E-state index contributed by atoms with van der Waals surface area (Å²) in [5.41, 5.74) is 9.04. The molecule has 0 spiro atoms. The minimum absolute atomic E-state index is 0.755. The standard InChI is InChI=1S/C14H14ClNS/c15-13-7-4-8-14(16)12(13)10-17-9-11-5-2-1-3-6-11/h1-8H,9-10,16H2. The third-order valence-corrected chi connectivity index (χ3v) is 3.90. The molecule has 2 rings (SSSR count). The smallest absolute Gasteiger partial charge is 0.0466 e. The van der Waals surface area contributed by atoms with Crippen LogP contribution in [-0.2, 0) is 11.5 Å². The molecule has 3 heteroatoms. The zero-order chi connectivity index (χ0) is 12.1. The molecule has 2 aromatic rings. The summed E-state index contributed by atoms with van der Waals surface area (Å²) in [7, 11) is 0. The number of anilines is 1. The highest BCUT2D eigenvalue weighted by Crippen LogP contribution is 2.27. The second kappa shape index (κ2) is 5.99. The van der Waals surface area contributed by atoms with Crippen molar-refractivity contribution < 1.29 is 0 Å². The summed E-state index contributed by atoms with van der Waals surface area (Å²) in [6, 6.07) is 16.1. The van der Waals surface area contributed by atoms with Crippen molar-refractivity contribution in [1.82, 2.24) is 0 Å². The van der Waals surface area contributed by atoms with Crippen molar-refractivity contribution in [3.63, 3.8) is 0 Å². The van der Waals surface area contributed by atoms with E-state index in [-0.39, 0.29) is 0 Å². The van der Waals surface area contributed by atoms with Crippen LogP contribution in [-0.4, -0.2) is 0 Å². The molecule has 17 heavy (non-hydrogen) atoms. The van der Waals surface area contributed by atoms with Crippen molar-refractivity contribution in [1.29, 1.82) is 0 Å². The zero-order valence-corrected chi connectivity index (χ0v) is 11.0. The van der Waals surface area contributed by atoms with Crippen molar-refractivity contribution in [2.75, 3.05) is 5.73 Å². The molecular weight excluding hydrogens is 250 g/mol. The van der Waals surface area contributed by atoms with Gasteiger partial charge in [0.15, 0.2) is 0 Å². The lowest BCUT2D eigenvalue weighted by Crippen LogP contribution is -1.93. The second-order valence-electron chi connectivity index (χ2n) is 3.79. The van der Waals surface area contributed by atoms with E-state index in [0.717, 1.165) is 27.8 Å². The van der Waals surface area contributed by atoms with Crippen LogP contribution in [0.5, 0.6) is 0 Å². The number of rotatable bonds is 4. The Balaban J connectivity index is 1.95. The fourth-order valence-electron chi connectivity index (χ4n) is 1.57. The van der Waals surface area contributed by atoms with E-state index in [4.69, 9.17) is 17.3 Å². The Morgan fingerprint density at radius 1 is 0.941 bits per heavy atom. The molecule has 0 saturated carbocycles. The largest absolute Gasteiger partial charge is 0.398 e. The fourth-order valence-corrected chi connectivity index (χ4v) is 2.96. The average molecular weight is 264 g/mol. The minimum atomic E-state index is 0.755. The maximum Gasteiger partial charge on any atom is 0.0466 e. The van der Waals surface area contributed by atoms with Crippen LogP contribution in [0.25, 0.3) is 0 Å². The van der Waals surface area contributed by atoms with E-state index in [1.807, 2.05) is 36.0 Å². The Hall–Kier alpha value is -1.12. The SMILES string of the molecule is Nc1cccc(Cl)c1CSCc1ccccc1. The van der Waals surface area contributed by atoms with Gasteiger partial charge in [-0.25, -0.2) is 0 Å². The molecule has 0 radical (unpaired) electrons. The molecular formula is C14H14ClNS. The van der Waals surface area contributed by atoms with Gasteiger partial charge in [-0.15, -0.1) is 0 Å². The van der Waals surface area contributed by atoms with Crippen molar-refractivity contribution in [2.24, 2.45) is 0 Å². The summed E-state index contributed by atoms with van der Waals surface area (Å²) in [5.74, 6) is 1.83. The van der Waals surface area contributed by atoms with Gasteiger partial charge in [-0.05, 0) is 17.7 Å². The molecule has 0 aromatic heterocycles. The van der Waals surface area contributed by atoms with E-state index in [9.17, 15) is 0 Å². The van der Waals surface area contributed by atoms with Crippen molar-refractivity contribution in [2.45, 2.75) is 11.5 Å². The summed E-state index contributed by atoms with van der Waals surface area (Å²) >= 11 is 7.94. The van der Waals surface area contributed by atoms with E-state index in [2.05, 4.69) is 24.3 Å². The number of hydrogen-bond donors (Lipinski definition) is 1. The van der Waals surface area contributed by atoms with Gasteiger partial charge in [0.25, 0.3) is 0 Å². The molecule has 0 amide bonds. The quantitative estimate of drug-likeness (QED) is 0.830. The molecule has 0 saturated heterocycles. The molecule has 0 aliphatic heterocycles. The number of hydrogen-bond acceptors (Lipinski definition) is 2. The first-order chi connectivity index (χ1) is 8.27. The molecule has 2 aromatic carbocycles. The van der Waals surface area contributed by atoms with Crippen molar-refractivity contribution in [3.05, 3.63) is 64.7 Å². The van der Waals surface area contributed by atoms with Crippen LogP contribution in [0.2, 0.25) is 5.02 Å². The lowest BCUT2D eigenvalue weighted by Gasteiger charge is -2.07. The lowest BCUT2D eigenvalue weighted by atomic mass is 10.2. The fraction of sp³-hybridized carbons (Fsp3) is 0.143. The van der Waals surface area contributed by atoms with Crippen molar-refractivity contribution >= 4 is 29.1 Å². The highest BCUT2D eigenvalue weighted by molar-refractivity contribution is 7.97. The zero-order valence-electron chi connectivity index (χ0n) is 9.40. The van der Waals surface area contributed by atoms with Gasteiger partial charge >= 0.3 is 0 Å². The normalized spacial score (nSPS) is 10.4. The molecule has 0 fully saturated rings. The van der Waals surface area contributed by atoms with Gasteiger partial charge in [-0.1, -0.05) is 48.0 Å². The van der Waals surface area contributed by atoms with E-state index >= 15 is 0 Å². The molecule has 0 aliphatic rings. The molecule has 0 aliphatic carbocycles. The summed E-state index contributed by atoms with van der Waals surface area (Å²) in [4.78, 5) is 0. The van der Waals surface area contributed by atoms with Gasteiger partial charge in [0.1, 0.15) is 0 Å². The van der Waals surface area contributed by atoms with Gasteiger partial charge in [0.05, 0.1) is 0 Å². The Morgan fingerprint density at radius 2 is 1.71 bits per heavy atom. The number of halogens is 1. The van der Waals surface area contributed by atoms with Crippen molar-refractivity contribution in [3.8, 4) is 0 Å². The van der Waals surface area contributed by atoms with E-state index in [0.29, 0.717) is 0 Å². The molecule has 88 valence electrons. The van der Waals surface area contributed by atoms with Gasteiger partial charge in [-0.3, -0.25) is 0 Å². The number of nitrogen functional groups attached to an aromatic ring is 1. The van der Waals surface area contributed by atoms with Crippen LogP contribution in [0.3, 0.4) is 0 Å². The topological polar surface area (TPSA) is 26.0 Å². The maximum absolute atomic E-state index is 6.12. The van der Waals surface area contributed by atoms with Crippen LogP contribution >= 0.6 is 23.4 Å². The molecule has 0 bridgehead atoms. The van der Waals surface area contributed by atoms with Gasteiger partial charge in [0, 0.05) is 27.8 Å². The van der Waals surface area contributed by atoms with Crippen LogP contribution in [0.1, 0.15) is 11.1 Å². The third-order valence-electron chi connectivity index (χ3n) is 2.51. The number of thioether (sulfide) groups is 1. The van der Waals surface area contributed by atoms with Crippen LogP contribution in [0, 0.1) is 0 Å². The first-order valence-electron chi connectivity index (χ1n) is 5.42. The first kappa shape index (κ1) is 12.3. The summed E-state index contributed by atoms with van der Waals surface area (Å²) in [6.45, 7) is 0. The Kier molecular flexibility index (Phi) is 4.35. The molecule has 0 heterocycles. The minimum Gasteiger partial charge on any atom is -0.398 e. The van der Waals surface area contributed by atoms with Gasteiger partial charge in [0.2, 0.25) is 0 Å². The van der Waals surface area contributed by atoms with E-state index in [1.165, 1.54) is 5.56 Å². The highest BCUT2D eigenvalue weighted by Gasteiger charge is 2.04.